The molecule has 0 aromatic rings. The van der Waals surface area contributed by atoms with Crippen LogP contribution in [0.15, 0.2) is 0 Å². The summed E-state index contributed by atoms with van der Waals surface area (Å²) in [6, 6.07) is 0. The zero-order chi connectivity index (χ0) is 13.1. The van der Waals surface area contributed by atoms with Crippen LogP contribution in [0, 0.1) is 11.3 Å². The van der Waals surface area contributed by atoms with E-state index in [4.69, 9.17) is 5.73 Å². The number of nitrogens with two attached hydrogens (primary N) is 1. The maximum absolute atomic E-state index is 12.1. The van der Waals surface area contributed by atoms with Crippen molar-refractivity contribution in [3.63, 3.8) is 0 Å². The Morgan fingerprint density at radius 3 is 2.59 bits per heavy atom. The van der Waals surface area contributed by atoms with Gasteiger partial charge in [-0.3, -0.25) is 0 Å². The molecule has 1 aliphatic heterocycles. The van der Waals surface area contributed by atoms with Crippen LogP contribution in [-0.2, 0) is 10.2 Å². The van der Waals surface area contributed by atoms with Gasteiger partial charge in [-0.25, -0.2) is 4.72 Å². The molecule has 1 rings (SSSR count). The average molecular weight is 263 g/mol. The van der Waals surface area contributed by atoms with E-state index >= 15 is 0 Å². The topological polar surface area (TPSA) is 75.4 Å². The molecule has 3 N–H and O–H groups in total. The van der Waals surface area contributed by atoms with Gasteiger partial charge in [0.05, 0.1) is 0 Å². The number of rotatable bonds is 4. The molecule has 1 aliphatic rings. The van der Waals surface area contributed by atoms with E-state index in [1.807, 2.05) is 20.8 Å². The summed E-state index contributed by atoms with van der Waals surface area (Å²) < 4.78 is 28.3. The molecule has 0 aromatic carbocycles. The summed E-state index contributed by atoms with van der Waals surface area (Å²) in [6.07, 6.45) is 1.93. The van der Waals surface area contributed by atoms with Crippen LogP contribution in [0.2, 0.25) is 0 Å². The lowest BCUT2D eigenvalue weighted by atomic mass is 9.98. The van der Waals surface area contributed by atoms with Gasteiger partial charge >= 0.3 is 0 Å². The summed E-state index contributed by atoms with van der Waals surface area (Å²) >= 11 is 0. The highest BCUT2D eigenvalue weighted by Gasteiger charge is 2.28. The van der Waals surface area contributed by atoms with E-state index in [2.05, 4.69) is 4.72 Å². The Morgan fingerprint density at radius 2 is 2.06 bits per heavy atom. The molecule has 0 saturated carbocycles. The molecular formula is C11H25N3O2S. The third-order valence-electron chi connectivity index (χ3n) is 2.94. The number of piperidine rings is 1. The van der Waals surface area contributed by atoms with Gasteiger partial charge in [-0.15, -0.1) is 0 Å². The van der Waals surface area contributed by atoms with Gasteiger partial charge in [0.25, 0.3) is 10.2 Å². The van der Waals surface area contributed by atoms with Gasteiger partial charge in [-0.2, -0.15) is 12.7 Å². The van der Waals surface area contributed by atoms with Crippen molar-refractivity contribution in [2.75, 3.05) is 26.2 Å². The second-order valence-electron chi connectivity index (χ2n) is 5.99. The predicted octanol–water partition coefficient (Wildman–Crippen LogP) is 0.538. The fourth-order valence-corrected chi connectivity index (χ4v) is 3.41. The average Bonchev–Trinajstić information content (AvgIpc) is 2.26. The van der Waals surface area contributed by atoms with Gasteiger partial charge in [-0.1, -0.05) is 20.8 Å². The third kappa shape index (κ3) is 4.91. The maximum Gasteiger partial charge on any atom is 0.279 e. The van der Waals surface area contributed by atoms with E-state index in [0.29, 0.717) is 32.1 Å². The molecule has 1 unspecified atom stereocenters. The zero-order valence-electron chi connectivity index (χ0n) is 11.1. The van der Waals surface area contributed by atoms with Crippen molar-refractivity contribution < 1.29 is 8.42 Å². The van der Waals surface area contributed by atoms with Crippen LogP contribution in [0.4, 0.5) is 0 Å². The van der Waals surface area contributed by atoms with Crippen LogP contribution in [0.25, 0.3) is 0 Å². The highest BCUT2D eigenvalue weighted by Crippen LogP contribution is 2.18. The Hall–Kier alpha value is -0.170. The first-order valence-electron chi connectivity index (χ1n) is 6.19. The van der Waals surface area contributed by atoms with Gasteiger partial charge in [0.2, 0.25) is 0 Å². The van der Waals surface area contributed by atoms with Crippen molar-refractivity contribution in [2.45, 2.75) is 33.6 Å². The summed E-state index contributed by atoms with van der Waals surface area (Å²) in [6.45, 7) is 8.20. The lowest BCUT2D eigenvalue weighted by Crippen LogP contribution is -2.48. The summed E-state index contributed by atoms with van der Waals surface area (Å²) in [5, 5.41) is 0. The lowest BCUT2D eigenvalue weighted by molar-refractivity contribution is 0.266. The quantitative estimate of drug-likeness (QED) is 0.777. The minimum atomic E-state index is -3.33. The van der Waals surface area contributed by atoms with E-state index in [1.165, 1.54) is 4.31 Å². The molecule has 0 radical (unpaired) electrons. The van der Waals surface area contributed by atoms with Gasteiger partial charge in [0.1, 0.15) is 0 Å². The highest BCUT2D eigenvalue weighted by atomic mass is 32.2. The number of hydrogen-bond acceptors (Lipinski definition) is 3. The zero-order valence-corrected chi connectivity index (χ0v) is 11.9. The van der Waals surface area contributed by atoms with Crippen molar-refractivity contribution >= 4 is 10.2 Å². The van der Waals surface area contributed by atoms with E-state index in [-0.39, 0.29) is 5.41 Å². The van der Waals surface area contributed by atoms with E-state index in [1.54, 1.807) is 0 Å². The third-order valence-corrected chi connectivity index (χ3v) is 4.46. The van der Waals surface area contributed by atoms with Gasteiger partial charge in [0, 0.05) is 19.6 Å². The molecule has 1 saturated heterocycles. The summed E-state index contributed by atoms with van der Waals surface area (Å²) in [7, 11) is -3.33. The highest BCUT2D eigenvalue weighted by molar-refractivity contribution is 7.87. The van der Waals surface area contributed by atoms with Crippen molar-refractivity contribution in [1.82, 2.24) is 9.03 Å². The minimum Gasteiger partial charge on any atom is -0.330 e. The van der Waals surface area contributed by atoms with Crippen LogP contribution >= 0.6 is 0 Å². The Balaban J connectivity index is 2.57. The standard InChI is InChI=1S/C11H25N3O2S/c1-11(2,3)9-13-17(15,16)14-6-4-5-10(7-12)8-14/h10,13H,4-9,12H2,1-3H3. The molecule has 1 fully saturated rings. The first-order chi connectivity index (χ1) is 7.74. The molecular weight excluding hydrogens is 238 g/mol. The number of nitrogens with one attached hydrogen (secondary N) is 1. The molecule has 0 aromatic heterocycles. The van der Waals surface area contributed by atoms with Crippen molar-refractivity contribution in [3.8, 4) is 0 Å². The molecule has 0 aliphatic carbocycles. The monoisotopic (exact) mass is 263 g/mol. The van der Waals surface area contributed by atoms with Crippen molar-refractivity contribution in [3.05, 3.63) is 0 Å². The first kappa shape index (κ1) is 14.9. The van der Waals surface area contributed by atoms with Crippen LogP contribution in [0.1, 0.15) is 33.6 Å². The SMILES string of the molecule is CC(C)(C)CNS(=O)(=O)N1CCCC(CN)C1. The van der Waals surface area contributed by atoms with Crippen LogP contribution in [0.3, 0.4) is 0 Å². The van der Waals surface area contributed by atoms with Gasteiger partial charge < -0.3 is 5.73 Å². The Labute approximate surface area is 105 Å². The Bertz CT molecular complexity index is 335. The Kier molecular flexibility index (Phi) is 4.95. The molecule has 1 heterocycles. The smallest absolute Gasteiger partial charge is 0.279 e. The fraction of sp³-hybridized carbons (Fsp3) is 1.00. The molecule has 102 valence electrons. The Morgan fingerprint density at radius 1 is 1.41 bits per heavy atom. The van der Waals surface area contributed by atoms with E-state index in [0.717, 1.165) is 12.8 Å². The second-order valence-corrected chi connectivity index (χ2v) is 7.74. The molecule has 0 bridgehead atoms. The summed E-state index contributed by atoms with van der Waals surface area (Å²) in [5.41, 5.74) is 5.56. The largest absolute Gasteiger partial charge is 0.330 e. The summed E-state index contributed by atoms with van der Waals surface area (Å²) in [4.78, 5) is 0. The predicted molar refractivity (Wildman–Crippen MR) is 69.7 cm³/mol. The van der Waals surface area contributed by atoms with Gasteiger partial charge in [-0.05, 0) is 30.7 Å². The minimum absolute atomic E-state index is 0.0455. The van der Waals surface area contributed by atoms with Crippen molar-refractivity contribution in [2.24, 2.45) is 17.1 Å². The molecule has 0 spiro atoms. The summed E-state index contributed by atoms with van der Waals surface area (Å²) in [5.74, 6) is 0.301. The van der Waals surface area contributed by atoms with E-state index in [9.17, 15) is 8.42 Å². The first-order valence-corrected chi connectivity index (χ1v) is 7.63. The molecule has 17 heavy (non-hydrogen) atoms. The van der Waals surface area contributed by atoms with Crippen LogP contribution in [-0.4, -0.2) is 38.9 Å². The van der Waals surface area contributed by atoms with Crippen molar-refractivity contribution in [1.29, 1.82) is 0 Å². The molecule has 0 amide bonds. The van der Waals surface area contributed by atoms with Crippen LogP contribution < -0.4 is 10.5 Å². The molecule has 6 heteroatoms. The fourth-order valence-electron chi connectivity index (χ4n) is 1.84. The lowest BCUT2D eigenvalue weighted by Gasteiger charge is -2.32. The maximum atomic E-state index is 12.1. The second kappa shape index (κ2) is 5.65. The van der Waals surface area contributed by atoms with E-state index < -0.39 is 10.2 Å². The number of nitrogens with zero attached hydrogens (tertiary/aromatic N) is 1. The van der Waals surface area contributed by atoms with Gasteiger partial charge in [0.15, 0.2) is 0 Å². The normalized spacial score (nSPS) is 23.9. The molecule has 5 nitrogen and oxygen atoms in total. The molecule has 1 atom stereocenters. The number of hydrogen-bond donors (Lipinski definition) is 2. The van der Waals surface area contributed by atoms with Crippen LogP contribution in [0.5, 0.6) is 0 Å².